The molecule has 0 N–H and O–H groups in total. The molecule has 0 heterocycles. The summed E-state index contributed by atoms with van der Waals surface area (Å²) in [6.07, 6.45) is 1.50. The largest absolute Gasteiger partial charge is 0.399 e. The zero-order valence-electron chi connectivity index (χ0n) is 6.42. The maximum atomic E-state index is 12.6. The van der Waals surface area contributed by atoms with Crippen LogP contribution in [0.3, 0.4) is 0 Å². The zero-order chi connectivity index (χ0) is 8.97. The van der Waals surface area contributed by atoms with Crippen molar-refractivity contribution < 1.29 is 9.23 Å². The Labute approximate surface area is 78.2 Å². The molecule has 0 amide bonds. The van der Waals surface area contributed by atoms with Gasteiger partial charge in [-0.25, -0.2) is 4.39 Å². The second kappa shape index (κ2) is 4.21. The van der Waals surface area contributed by atoms with Crippen molar-refractivity contribution in [3.63, 3.8) is 0 Å². The van der Waals surface area contributed by atoms with Crippen molar-refractivity contribution in [1.82, 2.24) is 0 Å². The lowest BCUT2D eigenvalue weighted by atomic mass is 10.2. The van der Waals surface area contributed by atoms with Gasteiger partial charge < -0.3 is 4.84 Å². The minimum atomic E-state index is -0.281. The van der Waals surface area contributed by atoms with Gasteiger partial charge in [-0.1, -0.05) is 21.1 Å². The van der Waals surface area contributed by atoms with E-state index in [0.717, 1.165) is 5.56 Å². The molecule has 0 bridgehead atoms. The van der Waals surface area contributed by atoms with E-state index >= 15 is 0 Å². The van der Waals surface area contributed by atoms with Crippen LogP contribution in [-0.2, 0) is 4.84 Å². The van der Waals surface area contributed by atoms with Crippen LogP contribution in [0.15, 0.2) is 27.8 Å². The number of nitrogens with zero attached hydrogens (tertiary/aromatic N) is 1. The molecule has 0 aliphatic rings. The number of rotatable bonds is 2. The SMILES string of the molecule is CO/N=C/c1ccc(F)cc1Br. The summed E-state index contributed by atoms with van der Waals surface area (Å²) < 4.78 is 13.2. The molecular weight excluding hydrogens is 225 g/mol. The number of halogens is 2. The lowest BCUT2D eigenvalue weighted by molar-refractivity contribution is 0.215. The smallest absolute Gasteiger partial charge is 0.124 e. The van der Waals surface area contributed by atoms with Gasteiger partial charge >= 0.3 is 0 Å². The first-order valence-corrected chi connectivity index (χ1v) is 4.05. The van der Waals surface area contributed by atoms with Gasteiger partial charge in [0.1, 0.15) is 12.9 Å². The molecule has 0 aromatic heterocycles. The lowest BCUT2D eigenvalue weighted by Gasteiger charge is -1.96. The molecule has 0 spiro atoms. The van der Waals surface area contributed by atoms with Crippen molar-refractivity contribution in [2.45, 2.75) is 0 Å². The van der Waals surface area contributed by atoms with Crippen LogP contribution < -0.4 is 0 Å². The summed E-state index contributed by atoms with van der Waals surface area (Å²) in [6, 6.07) is 4.35. The summed E-state index contributed by atoms with van der Waals surface area (Å²) in [7, 11) is 1.45. The van der Waals surface area contributed by atoms with E-state index in [2.05, 4.69) is 25.9 Å². The number of oxime groups is 1. The van der Waals surface area contributed by atoms with Crippen LogP contribution in [0, 0.1) is 5.82 Å². The van der Waals surface area contributed by atoms with Gasteiger partial charge in [0.05, 0.1) is 6.21 Å². The van der Waals surface area contributed by atoms with Gasteiger partial charge in [0.25, 0.3) is 0 Å². The Balaban J connectivity index is 2.94. The molecule has 0 aliphatic carbocycles. The fourth-order valence-electron chi connectivity index (χ4n) is 0.716. The third kappa shape index (κ3) is 2.30. The molecule has 1 aromatic carbocycles. The minimum absolute atomic E-state index is 0.281. The molecule has 0 fully saturated rings. The summed E-state index contributed by atoms with van der Waals surface area (Å²) in [6.45, 7) is 0. The van der Waals surface area contributed by atoms with Crippen molar-refractivity contribution in [3.8, 4) is 0 Å². The summed E-state index contributed by atoms with van der Waals surface area (Å²) in [5, 5.41) is 3.56. The van der Waals surface area contributed by atoms with E-state index in [4.69, 9.17) is 0 Å². The van der Waals surface area contributed by atoms with E-state index in [1.165, 1.54) is 25.5 Å². The van der Waals surface area contributed by atoms with E-state index in [0.29, 0.717) is 4.47 Å². The van der Waals surface area contributed by atoms with Crippen LogP contribution in [0.2, 0.25) is 0 Å². The molecule has 0 aliphatic heterocycles. The first-order chi connectivity index (χ1) is 5.74. The van der Waals surface area contributed by atoms with E-state index in [-0.39, 0.29) is 5.82 Å². The zero-order valence-corrected chi connectivity index (χ0v) is 8.01. The van der Waals surface area contributed by atoms with Crippen molar-refractivity contribution >= 4 is 22.1 Å². The second-order valence-corrected chi connectivity index (χ2v) is 2.94. The highest BCUT2D eigenvalue weighted by Gasteiger charge is 1.97. The van der Waals surface area contributed by atoms with E-state index in [9.17, 15) is 4.39 Å². The lowest BCUT2D eigenvalue weighted by Crippen LogP contribution is -1.85. The molecule has 0 saturated heterocycles. The van der Waals surface area contributed by atoms with E-state index in [1.54, 1.807) is 6.07 Å². The molecule has 4 heteroatoms. The first-order valence-electron chi connectivity index (χ1n) is 3.25. The molecule has 0 radical (unpaired) electrons. The molecule has 0 unspecified atom stereocenters. The highest BCUT2D eigenvalue weighted by Crippen LogP contribution is 2.15. The van der Waals surface area contributed by atoms with Crippen LogP contribution in [-0.4, -0.2) is 13.3 Å². The molecule has 2 nitrogen and oxygen atoms in total. The van der Waals surface area contributed by atoms with Gasteiger partial charge in [-0.2, -0.15) is 0 Å². The van der Waals surface area contributed by atoms with Crippen LogP contribution in [0.1, 0.15) is 5.56 Å². The first kappa shape index (κ1) is 9.19. The minimum Gasteiger partial charge on any atom is -0.399 e. The van der Waals surface area contributed by atoms with Crippen LogP contribution in [0.25, 0.3) is 0 Å². The molecule has 1 aromatic rings. The van der Waals surface area contributed by atoms with Gasteiger partial charge in [-0.05, 0) is 18.2 Å². The van der Waals surface area contributed by atoms with Crippen molar-refractivity contribution in [2.24, 2.45) is 5.16 Å². The summed E-state index contributed by atoms with van der Waals surface area (Å²) in [4.78, 5) is 4.49. The summed E-state index contributed by atoms with van der Waals surface area (Å²) >= 11 is 3.19. The second-order valence-electron chi connectivity index (χ2n) is 2.08. The van der Waals surface area contributed by atoms with Gasteiger partial charge in [0.2, 0.25) is 0 Å². The van der Waals surface area contributed by atoms with Crippen LogP contribution >= 0.6 is 15.9 Å². The molecule has 1 rings (SSSR count). The third-order valence-electron chi connectivity index (χ3n) is 1.26. The van der Waals surface area contributed by atoms with Gasteiger partial charge in [0, 0.05) is 10.0 Å². The van der Waals surface area contributed by atoms with Gasteiger partial charge in [-0.3, -0.25) is 0 Å². The Kier molecular flexibility index (Phi) is 3.22. The van der Waals surface area contributed by atoms with E-state index < -0.39 is 0 Å². The maximum absolute atomic E-state index is 12.6. The van der Waals surface area contributed by atoms with E-state index in [1.807, 2.05) is 0 Å². The third-order valence-corrected chi connectivity index (χ3v) is 1.95. The molecule has 0 saturated carbocycles. The molecule has 64 valence electrons. The predicted octanol–water partition coefficient (Wildman–Crippen LogP) is 2.57. The predicted molar refractivity (Wildman–Crippen MR) is 48.7 cm³/mol. The highest BCUT2D eigenvalue weighted by atomic mass is 79.9. The molecule has 0 atom stereocenters. The van der Waals surface area contributed by atoms with Crippen molar-refractivity contribution in [2.75, 3.05) is 7.11 Å². The Morgan fingerprint density at radius 1 is 1.58 bits per heavy atom. The number of hydrogen-bond acceptors (Lipinski definition) is 2. The Bertz CT molecular complexity index is 301. The quantitative estimate of drug-likeness (QED) is 0.567. The topological polar surface area (TPSA) is 21.6 Å². The summed E-state index contributed by atoms with van der Waals surface area (Å²) in [5.41, 5.74) is 0.776. The average molecular weight is 232 g/mol. The fourth-order valence-corrected chi connectivity index (χ4v) is 1.17. The highest BCUT2D eigenvalue weighted by molar-refractivity contribution is 9.10. The number of hydrogen-bond donors (Lipinski definition) is 0. The standard InChI is InChI=1S/C8H7BrFNO/c1-12-11-5-6-2-3-7(10)4-8(6)9/h2-5H,1H3/b11-5+. The Hall–Kier alpha value is -0.900. The van der Waals surface area contributed by atoms with Gasteiger partial charge in [-0.15, -0.1) is 0 Å². The Morgan fingerprint density at radius 3 is 2.92 bits per heavy atom. The normalized spacial score (nSPS) is 10.6. The molecular formula is C8H7BrFNO. The molecule has 12 heavy (non-hydrogen) atoms. The van der Waals surface area contributed by atoms with Crippen LogP contribution in [0.5, 0.6) is 0 Å². The summed E-state index contributed by atoms with van der Waals surface area (Å²) in [5.74, 6) is -0.281. The maximum Gasteiger partial charge on any atom is 0.124 e. The Morgan fingerprint density at radius 2 is 2.33 bits per heavy atom. The van der Waals surface area contributed by atoms with Crippen molar-refractivity contribution in [3.05, 3.63) is 34.1 Å². The fraction of sp³-hybridized carbons (Fsp3) is 0.125. The van der Waals surface area contributed by atoms with Gasteiger partial charge in [0.15, 0.2) is 0 Å². The average Bonchev–Trinajstić information content (AvgIpc) is 2.03. The van der Waals surface area contributed by atoms with Crippen LogP contribution in [0.4, 0.5) is 4.39 Å². The monoisotopic (exact) mass is 231 g/mol. The van der Waals surface area contributed by atoms with Crippen molar-refractivity contribution in [1.29, 1.82) is 0 Å². The number of benzene rings is 1.